The van der Waals surface area contributed by atoms with E-state index in [-0.39, 0.29) is 5.60 Å². The summed E-state index contributed by atoms with van der Waals surface area (Å²) in [6, 6.07) is 8.61. The quantitative estimate of drug-likeness (QED) is 0.157. The van der Waals surface area contributed by atoms with E-state index in [1.54, 1.807) is 0 Å². The van der Waals surface area contributed by atoms with Crippen molar-refractivity contribution in [3.05, 3.63) is 29.8 Å². The third-order valence-electron chi connectivity index (χ3n) is 6.40. The molecular weight excluding hydrogens is 368 g/mol. The number of benzene rings is 1. The van der Waals surface area contributed by atoms with Gasteiger partial charge in [0.05, 0.1) is 6.61 Å². The molecular formula is C28H48O2. The first-order valence-corrected chi connectivity index (χ1v) is 13.1. The Hall–Kier alpha value is -1.02. The molecule has 172 valence electrons. The van der Waals surface area contributed by atoms with Gasteiger partial charge in [0, 0.05) is 0 Å². The molecule has 0 radical (unpaired) electrons. The van der Waals surface area contributed by atoms with E-state index >= 15 is 0 Å². The number of epoxide rings is 1. The lowest BCUT2D eigenvalue weighted by Gasteiger charge is -2.10. The summed E-state index contributed by atoms with van der Waals surface area (Å²) in [5.41, 5.74) is 1.36. The summed E-state index contributed by atoms with van der Waals surface area (Å²) in [6.45, 7) is 5.89. The van der Waals surface area contributed by atoms with E-state index in [2.05, 4.69) is 38.1 Å². The molecule has 1 unspecified atom stereocenters. The van der Waals surface area contributed by atoms with E-state index < -0.39 is 0 Å². The number of hydrogen-bond acceptors (Lipinski definition) is 2. The highest BCUT2D eigenvalue weighted by Gasteiger charge is 2.40. The van der Waals surface area contributed by atoms with Crippen molar-refractivity contribution in [1.82, 2.24) is 0 Å². The van der Waals surface area contributed by atoms with Gasteiger partial charge in [0.2, 0.25) is 0 Å². The molecule has 1 aliphatic rings. The summed E-state index contributed by atoms with van der Waals surface area (Å²) in [7, 11) is 0. The van der Waals surface area contributed by atoms with Gasteiger partial charge in [-0.25, -0.2) is 0 Å². The second kappa shape index (κ2) is 15.7. The SMILES string of the molecule is CCCCCCCCCCCCCCCCCCc1cccc(OCC2(C)CO2)c1. The zero-order valence-corrected chi connectivity index (χ0v) is 20.1. The van der Waals surface area contributed by atoms with Crippen LogP contribution >= 0.6 is 0 Å². The highest BCUT2D eigenvalue weighted by Crippen LogP contribution is 2.27. The van der Waals surface area contributed by atoms with Crippen LogP contribution in [0.25, 0.3) is 0 Å². The van der Waals surface area contributed by atoms with Crippen LogP contribution < -0.4 is 4.74 Å². The van der Waals surface area contributed by atoms with Crippen molar-refractivity contribution < 1.29 is 9.47 Å². The fourth-order valence-corrected chi connectivity index (χ4v) is 4.11. The maximum Gasteiger partial charge on any atom is 0.123 e. The summed E-state index contributed by atoms with van der Waals surface area (Å²) >= 11 is 0. The van der Waals surface area contributed by atoms with Crippen molar-refractivity contribution in [3.8, 4) is 5.75 Å². The van der Waals surface area contributed by atoms with Crippen LogP contribution in [0.3, 0.4) is 0 Å². The minimum Gasteiger partial charge on any atom is -0.490 e. The Morgan fingerprint density at radius 3 is 1.77 bits per heavy atom. The molecule has 1 aromatic carbocycles. The van der Waals surface area contributed by atoms with Gasteiger partial charge in [-0.1, -0.05) is 115 Å². The lowest BCUT2D eigenvalue weighted by Crippen LogP contribution is -2.16. The van der Waals surface area contributed by atoms with Crippen LogP contribution in [0.1, 0.15) is 122 Å². The average Bonchev–Trinajstić information content (AvgIpc) is 3.50. The van der Waals surface area contributed by atoms with Crippen molar-refractivity contribution in [1.29, 1.82) is 0 Å². The fourth-order valence-electron chi connectivity index (χ4n) is 4.11. The predicted molar refractivity (Wildman–Crippen MR) is 130 cm³/mol. The van der Waals surface area contributed by atoms with Gasteiger partial charge in [-0.15, -0.1) is 0 Å². The Morgan fingerprint density at radius 2 is 1.27 bits per heavy atom. The van der Waals surface area contributed by atoms with Crippen LogP contribution in [0, 0.1) is 0 Å². The smallest absolute Gasteiger partial charge is 0.123 e. The molecule has 1 atom stereocenters. The number of aryl methyl sites for hydroxylation is 1. The first-order chi connectivity index (χ1) is 14.7. The van der Waals surface area contributed by atoms with Gasteiger partial charge in [-0.3, -0.25) is 0 Å². The Bertz CT molecular complexity index is 535. The van der Waals surface area contributed by atoms with Crippen LogP contribution in [0.4, 0.5) is 0 Å². The van der Waals surface area contributed by atoms with Crippen molar-refractivity contribution in [3.63, 3.8) is 0 Å². The Kier molecular flexibility index (Phi) is 13.2. The van der Waals surface area contributed by atoms with Gasteiger partial charge in [-0.2, -0.15) is 0 Å². The van der Waals surface area contributed by atoms with Crippen LogP contribution in [0.15, 0.2) is 24.3 Å². The number of unbranched alkanes of at least 4 members (excludes halogenated alkanes) is 15. The fraction of sp³-hybridized carbons (Fsp3) is 0.786. The van der Waals surface area contributed by atoms with E-state index in [4.69, 9.17) is 9.47 Å². The van der Waals surface area contributed by atoms with Crippen LogP contribution in [0.5, 0.6) is 5.75 Å². The molecule has 1 saturated heterocycles. The van der Waals surface area contributed by atoms with Crippen molar-refractivity contribution in [2.24, 2.45) is 0 Å². The number of rotatable bonds is 20. The van der Waals surface area contributed by atoms with Gasteiger partial charge in [0.15, 0.2) is 0 Å². The molecule has 0 aliphatic carbocycles. The minimum absolute atomic E-state index is 0.0378. The van der Waals surface area contributed by atoms with Gasteiger partial charge >= 0.3 is 0 Å². The predicted octanol–water partition coefficient (Wildman–Crippen LogP) is 8.66. The summed E-state index contributed by atoms with van der Waals surface area (Å²) in [4.78, 5) is 0. The lowest BCUT2D eigenvalue weighted by molar-refractivity contribution is 0.202. The molecule has 0 spiro atoms. The van der Waals surface area contributed by atoms with Gasteiger partial charge in [0.1, 0.15) is 18.0 Å². The van der Waals surface area contributed by atoms with E-state index in [9.17, 15) is 0 Å². The second-order valence-electron chi connectivity index (χ2n) is 9.73. The second-order valence-corrected chi connectivity index (χ2v) is 9.73. The van der Waals surface area contributed by atoms with Crippen molar-refractivity contribution >= 4 is 0 Å². The molecule has 0 amide bonds. The monoisotopic (exact) mass is 416 g/mol. The maximum absolute atomic E-state index is 5.88. The Balaban J connectivity index is 1.34. The molecule has 2 nitrogen and oxygen atoms in total. The van der Waals surface area contributed by atoms with E-state index in [1.165, 1.54) is 115 Å². The van der Waals surface area contributed by atoms with E-state index in [1.807, 2.05) is 0 Å². The number of ether oxygens (including phenoxy) is 2. The molecule has 0 aromatic heterocycles. The largest absolute Gasteiger partial charge is 0.490 e. The van der Waals surface area contributed by atoms with Gasteiger partial charge < -0.3 is 9.47 Å². The van der Waals surface area contributed by atoms with Gasteiger partial charge in [0.25, 0.3) is 0 Å². The summed E-state index contributed by atoms with van der Waals surface area (Å²) in [5.74, 6) is 0.987. The Morgan fingerprint density at radius 1 is 0.767 bits per heavy atom. The molecule has 2 heteroatoms. The Labute approximate surface area is 187 Å². The minimum atomic E-state index is -0.0378. The first kappa shape index (κ1) is 25.2. The molecule has 30 heavy (non-hydrogen) atoms. The highest BCUT2D eigenvalue weighted by atomic mass is 16.6. The summed E-state index contributed by atoms with van der Waals surface area (Å²) in [6.07, 6.45) is 24.0. The molecule has 1 heterocycles. The molecule has 1 fully saturated rings. The van der Waals surface area contributed by atoms with Crippen LogP contribution in [-0.2, 0) is 11.2 Å². The third-order valence-corrected chi connectivity index (χ3v) is 6.40. The molecule has 0 bridgehead atoms. The van der Waals surface area contributed by atoms with E-state index in [0.29, 0.717) is 6.61 Å². The molecule has 2 rings (SSSR count). The average molecular weight is 417 g/mol. The lowest BCUT2D eigenvalue weighted by atomic mass is 10.0. The molecule has 1 aromatic rings. The normalized spacial score (nSPS) is 17.9. The molecule has 1 aliphatic heterocycles. The van der Waals surface area contributed by atoms with Crippen molar-refractivity contribution in [2.75, 3.05) is 13.2 Å². The zero-order valence-electron chi connectivity index (χ0n) is 20.1. The summed E-state index contributed by atoms with van der Waals surface area (Å²) in [5, 5.41) is 0. The maximum atomic E-state index is 5.88. The third kappa shape index (κ3) is 12.6. The van der Waals surface area contributed by atoms with Crippen LogP contribution in [-0.4, -0.2) is 18.8 Å². The van der Waals surface area contributed by atoms with E-state index in [0.717, 1.165) is 12.4 Å². The van der Waals surface area contributed by atoms with Crippen molar-refractivity contribution in [2.45, 2.75) is 129 Å². The first-order valence-electron chi connectivity index (χ1n) is 13.1. The summed E-state index contributed by atoms with van der Waals surface area (Å²) < 4.78 is 11.3. The standard InChI is InChI=1S/C28H48O2/c1-3-4-5-6-7-8-9-10-11-12-13-14-15-16-17-18-20-26-21-19-22-27(23-26)29-24-28(2)25-30-28/h19,21-23H,3-18,20,24-25H2,1-2H3. The highest BCUT2D eigenvalue weighted by molar-refractivity contribution is 5.28. The zero-order chi connectivity index (χ0) is 21.3. The van der Waals surface area contributed by atoms with Crippen LogP contribution in [0.2, 0.25) is 0 Å². The van der Waals surface area contributed by atoms with Gasteiger partial charge in [-0.05, 0) is 37.5 Å². The topological polar surface area (TPSA) is 21.8 Å². The molecule has 0 saturated carbocycles. The number of hydrogen-bond donors (Lipinski definition) is 0. The molecule has 0 N–H and O–H groups in total.